The van der Waals surface area contributed by atoms with Crippen LogP contribution >= 0.6 is 0 Å². The fourth-order valence-corrected chi connectivity index (χ4v) is 3.20. The molecule has 0 spiro atoms. The summed E-state index contributed by atoms with van der Waals surface area (Å²) >= 11 is 0. The molecule has 3 rings (SSSR count). The molecule has 0 saturated carbocycles. The molecule has 8 nitrogen and oxygen atoms in total. The van der Waals surface area contributed by atoms with E-state index in [-0.39, 0.29) is 23.5 Å². The average Bonchev–Trinajstić information content (AvgIpc) is 2.71. The van der Waals surface area contributed by atoms with Crippen molar-refractivity contribution in [3.8, 4) is 0 Å². The predicted molar refractivity (Wildman–Crippen MR) is 104 cm³/mol. The number of carbonyl (C=O) groups excluding carboxylic acids is 2. The Morgan fingerprint density at radius 1 is 1.36 bits per heavy atom. The Labute approximate surface area is 161 Å². The fraction of sp³-hybridized carbons (Fsp3) is 0.263. The standard InChI is InChI=1S/C19H21FN6O2/c1-2-16(28)25-9-3-4-14(10-25)24-19-17(18(21)22-11-23-19)26(12-27)15-7-5-13(20)6-8-15/h2,5-8,11-12,14H,1,3-4,9-10H2,(H3,21,22,23,24)/t14-/m1/s1. The molecule has 2 amide bonds. The summed E-state index contributed by atoms with van der Waals surface area (Å²) in [6.07, 6.45) is 4.80. The molecule has 0 unspecified atom stereocenters. The molecule has 1 atom stereocenters. The molecular weight excluding hydrogens is 363 g/mol. The molecule has 1 aliphatic rings. The van der Waals surface area contributed by atoms with Crippen LogP contribution < -0.4 is 16.0 Å². The van der Waals surface area contributed by atoms with Crippen LogP contribution in [-0.4, -0.2) is 46.3 Å². The van der Waals surface area contributed by atoms with Crippen LogP contribution in [0.25, 0.3) is 0 Å². The summed E-state index contributed by atoms with van der Waals surface area (Å²) in [6, 6.07) is 5.35. The minimum atomic E-state index is -0.417. The maximum atomic E-state index is 13.2. The quantitative estimate of drug-likeness (QED) is 0.584. The zero-order valence-electron chi connectivity index (χ0n) is 15.2. The maximum absolute atomic E-state index is 13.2. The molecule has 3 N–H and O–H groups in total. The second kappa shape index (κ2) is 8.47. The topological polar surface area (TPSA) is 104 Å². The van der Waals surface area contributed by atoms with Gasteiger partial charge in [0.15, 0.2) is 11.6 Å². The van der Waals surface area contributed by atoms with Crippen LogP contribution in [0.3, 0.4) is 0 Å². The third-order valence-electron chi connectivity index (χ3n) is 4.55. The minimum absolute atomic E-state index is 0.0765. The molecule has 1 saturated heterocycles. The van der Waals surface area contributed by atoms with E-state index in [0.717, 1.165) is 12.8 Å². The molecule has 1 aromatic carbocycles. The number of hydrogen-bond acceptors (Lipinski definition) is 6. The van der Waals surface area contributed by atoms with E-state index in [1.54, 1.807) is 4.90 Å². The van der Waals surface area contributed by atoms with Gasteiger partial charge in [0.1, 0.15) is 17.8 Å². The highest BCUT2D eigenvalue weighted by Gasteiger charge is 2.25. The summed E-state index contributed by atoms with van der Waals surface area (Å²) in [4.78, 5) is 34.9. The molecule has 0 aliphatic carbocycles. The number of nitrogens with zero attached hydrogens (tertiary/aromatic N) is 4. The highest BCUT2D eigenvalue weighted by molar-refractivity contribution is 5.95. The van der Waals surface area contributed by atoms with Crippen LogP contribution in [0.4, 0.5) is 27.4 Å². The molecule has 1 aromatic heterocycles. The number of likely N-dealkylation sites (tertiary alicyclic amines) is 1. The van der Waals surface area contributed by atoms with Crippen LogP contribution in [0, 0.1) is 5.82 Å². The second-order valence-corrected chi connectivity index (χ2v) is 6.38. The molecule has 2 aromatic rings. The van der Waals surface area contributed by atoms with Crippen LogP contribution in [0.2, 0.25) is 0 Å². The van der Waals surface area contributed by atoms with Crippen molar-refractivity contribution in [3.63, 3.8) is 0 Å². The Balaban J connectivity index is 1.89. The van der Waals surface area contributed by atoms with Crippen LogP contribution in [-0.2, 0) is 9.59 Å². The number of carbonyl (C=O) groups is 2. The Morgan fingerprint density at radius 3 is 2.79 bits per heavy atom. The number of nitrogens with two attached hydrogens (primary N) is 1. The number of nitrogen functional groups attached to an aromatic ring is 1. The first-order valence-electron chi connectivity index (χ1n) is 8.82. The van der Waals surface area contributed by atoms with E-state index in [4.69, 9.17) is 5.73 Å². The van der Waals surface area contributed by atoms with Crippen LogP contribution in [0.5, 0.6) is 0 Å². The van der Waals surface area contributed by atoms with Crippen LogP contribution in [0.15, 0.2) is 43.2 Å². The average molecular weight is 384 g/mol. The van der Waals surface area contributed by atoms with E-state index in [2.05, 4.69) is 21.9 Å². The van der Waals surface area contributed by atoms with Gasteiger partial charge in [-0.25, -0.2) is 14.4 Å². The van der Waals surface area contributed by atoms with Gasteiger partial charge in [-0.1, -0.05) is 6.58 Å². The summed E-state index contributed by atoms with van der Waals surface area (Å²) in [6.45, 7) is 4.67. The SMILES string of the molecule is C=CC(=O)N1CCC[C@@H](Nc2ncnc(N)c2N(C=O)c2ccc(F)cc2)C1. The third-order valence-corrected chi connectivity index (χ3v) is 4.55. The first kappa shape index (κ1) is 19.3. The van der Waals surface area contributed by atoms with E-state index in [1.807, 2.05) is 0 Å². The summed E-state index contributed by atoms with van der Waals surface area (Å²) in [7, 11) is 0. The lowest BCUT2D eigenvalue weighted by atomic mass is 10.1. The second-order valence-electron chi connectivity index (χ2n) is 6.38. The van der Waals surface area contributed by atoms with E-state index < -0.39 is 5.82 Å². The Hall–Kier alpha value is -3.49. The highest BCUT2D eigenvalue weighted by Crippen LogP contribution is 2.34. The van der Waals surface area contributed by atoms with E-state index in [1.165, 1.54) is 41.6 Å². The molecule has 0 radical (unpaired) electrons. The lowest BCUT2D eigenvalue weighted by Gasteiger charge is -2.33. The van der Waals surface area contributed by atoms with Gasteiger partial charge in [0, 0.05) is 24.8 Å². The number of piperidine rings is 1. The number of rotatable bonds is 6. The van der Waals surface area contributed by atoms with Crippen molar-refractivity contribution in [3.05, 3.63) is 49.1 Å². The molecule has 28 heavy (non-hydrogen) atoms. The van der Waals surface area contributed by atoms with Gasteiger partial charge in [-0.05, 0) is 43.2 Å². The monoisotopic (exact) mass is 384 g/mol. The highest BCUT2D eigenvalue weighted by atomic mass is 19.1. The van der Waals surface area contributed by atoms with Gasteiger partial charge in [0.2, 0.25) is 12.3 Å². The zero-order valence-corrected chi connectivity index (χ0v) is 15.2. The maximum Gasteiger partial charge on any atom is 0.246 e. The third kappa shape index (κ3) is 4.08. The first-order chi connectivity index (χ1) is 13.5. The van der Waals surface area contributed by atoms with Crippen molar-refractivity contribution in [1.29, 1.82) is 0 Å². The van der Waals surface area contributed by atoms with Gasteiger partial charge in [0.25, 0.3) is 0 Å². The van der Waals surface area contributed by atoms with Crippen molar-refractivity contribution in [2.75, 3.05) is 29.0 Å². The largest absolute Gasteiger partial charge is 0.382 e. The Morgan fingerprint density at radius 2 is 2.11 bits per heavy atom. The zero-order chi connectivity index (χ0) is 20.1. The first-order valence-corrected chi connectivity index (χ1v) is 8.82. The lowest BCUT2D eigenvalue weighted by Crippen LogP contribution is -2.44. The van der Waals surface area contributed by atoms with Gasteiger partial charge in [0.05, 0.1) is 0 Å². The van der Waals surface area contributed by atoms with Crippen molar-refractivity contribution in [1.82, 2.24) is 14.9 Å². The lowest BCUT2D eigenvalue weighted by molar-refractivity contribution is -0.127. The summed E-state index contributed by atoms with van der Waals surface area (Å²) in [5.74, 6) is -0.0836. The molecular formula is C19H21FN6O2. The number of halogens is 1. The number of anilines is 4. The number of nitrogens with one attached hydrogen (secondary N) is 1. The number of benzene rings is 1. The summed E-state index contributed by atoms with van der Waals surface area (Å²) in [5, 5.41) is 3.26. The number of aromatic nitrogens is 2. The number of amides is 2. The molecule has 1 aliphatic heterocycles. The van der Waals surface area contributed by atoms with Gasteiger partial charge in [-0.2, -0.15) is 0 Å². The summed E-state index contributed by atoms with van der Waals surface area (Å²) < 4.78 is 13.2. The fourth-order valence-electron chi connectivity index (χ4n) is 3.20. The van der Waals surface area contributed by atoms with Crippen LogP contribution in [0.1, 0.15) is 12.8 Å². The normalized spacial score (nSPS) is 16.3. The summed E-state index contributed by atoms with van der Waals surface area (Å²) in [5.41, 5.74) is 6.72. The predicted octanol–water partition coefficient (Wildman–Crippen LogP) is 2.08. The van der Waals surface area contributed by atoms with Gasteiger partial charge in [-0.3, -0.25) is 14.5 Å². The molecule has 1 fully saturated rings. The smallest absolute Gasteiger partial charge is 0.246 e. The van der Waals surface area contributed by atoms with Gasteiger partial charge in [-0.15, -0.1) is 0 Å². The molecule has 146 valence electrons. The molecule has 2 heterocycles. The van der Waals surface area contributed by atoms with Crippen molar-refractivity contribution in [2.24, 2.45) is 0 Å². The Bertz CT molecular complexity index is 873. The molecule has 9 heteroatoms. The van der Waals surface area contributed by atoms with Gasteiger partial charge < -0.3 is 16.0 Å². The van der Waals surface area contributed by atoms with Crippen molar-refractivity contribution in [2.45, 2.75) is 18.9 Å². The van der Waals surface area contributed by atoms with Gasteiger partial charge >= 0.3 is 0 Å². The molecule has 0 bridgehead atoms. The number of hydrogen-bond donors (Lipinski definition) is 2. The van der Waals surface area contributed by atoms with E-state index >= 15 is 0 Å². The van der Waals surface area contributed by atoms with E-state index in [9.17, 15) is 14.0 Å². The van der Waals surface area contributed by atoms with Crippen molar-refractivity contribution < 1.29 is 14.0 Å². The Kier molecular flexibility index (Phi) is 5.83. The minimum Gasteiger partial charge on any atom is -0.382 e. The van der Waals surface area contributed by atoms with Crippen molar-refractivity contribution >= 4 is 35.3 Å². The van der Waals surface area contributed by atoms with E-state index in [0.29, 0.717) is 31.0 Å².